The van der Waals surface area contributed by atoms with Gasteiger partial charge in [-0.1, -0.05) is 0 Å². The van der Waals surface area contributed by atoms with Gasteiger partial charge in [0.1, 0.15) is 5.82 Å². The molecule has 8 heteroatoms. The molecule has 0 heterocycles. The van der Waals surface area contributed by atoms with E-state index in [1.807, 2.05) is 6.26 Å². The van der Waals surface area contributed by atoms with E-state index in [1.54, 1.807) is 11.8 Å². The normalized spacial score (nSPS) is 10.3. The van der Waals surface area contributed by atoms with Gasteiger partial charge in [0.2, 0.25) is 5.82 Å². The van der Waals surface area contributed by atoms with Crippen molar-refractivity contribution in [3.05, 3.63) is 39.4 Å². The van der Waals surface area contributed by atoms with Crippen LogP contribution in [0.15, 0.2) is 12.1 Å². The van der Waals surface area contributed by atoms with Crippen molar-refractivity contribution >= 4 is 23.4 Å². The predicted octanol–water partition coefficient (Wildman–Crippen LogP) is 2.36. The number of amides is 1. The van der Waals surface area contributed by atoms with Crippen molar-refractivity contribution in [2.24, 2.45) is 0 Å². The summed E-state index contributed by atoms with van der Waals surface area (Å²) >= 11 is 1.59. The summed E-state index contributed by atoms with van der Waals surface area (Å²) in [6, 6.07) is 1.09. The van der Waals surface area contributed by atoms with E-state index in [-0.39, 0.29) is 0 Å². The van der Waals surface area contributed by atoms with Crippen LogP contribution in [0.25, 0.3) is 0 Å². The van der Waals surface area contributed by atoms with Crippen molar-refractivity contribution in [1.29, 1.82) is 0 Å². The average molecular weight is 290 g/mol. The van der Waals surface area contributed by atoms with Gasteiger partial charge in [-0.3, -0.25) is 14.9 Å². The summed E-state index contributed by atoms with van der Waals surface area (Å²) < 4.78 is 26.8. The van der Waals surface area contributed by atoms with Crippen LogP contribution < -0.4 is 5.32 Å². The lowest BCUT2D eigenvalue weighted by atomic mass is 10.1. The summed E-state index contributed by atoms with van der Waals surface area (Å²) in [6.07, 6.45) is 2.57. The van der Waals surface area contributed by atoms with E-state index in [4.69, 9.17) is 0 Å². The SMILES string of the molecule is CSCCCNC(=O)c1cc(F)cc([N+](=O)[O-])c1F. The molecule has 0 saturated heterocycles. The van der Waals surface area contributed by atoms with Crippen molar-refractivity contribution in [1.82, 2.24) is 5.32 Å². The van der Waals surface area contributed by atoms with E-state index < -0.39 is 33.7 Å². The van der Waals surface area contributed by atoms with Gasteiger partial charge < -0.3 is 5.32 Å². The van der Waals surface area contributed by atoms with E-state index in [1.165, 1.54) is 0 Å². The van der Waals surface area contributed by atoms with Crippen LogP contribution in [0.1, 0.15) is 16.8 Å². The highest BCUT2D eigenvalue weighted by Crippen LogP contribution is 2.22. The molecule has 0 bridgehead atoms. The maximum Gasteiger partial charge on any atom is 0.308 e. The largest absolute Gasteiger partial charge is 0.352 e. The quantitative estimate of drug-likeness (QED) is 0.496. The average Bonchev–Trinajstić information content (AvgIpc) is 2.36. The number of thioether (sulfide) groups is 1. The fraction of sp³-hybridized carbons (Fsp3) is 0.364. The molecule has 0 atom stereocenters. The van der Waals surface area contributed by atoms with Crippen molar-refractivity contribution < 1.29 is 18.5 Å². The zero-order valence-electron chi connectivity index (χ0n) is 10.1. The highest BCUT2D eigenvalue weighted by molar-refractivity contribution is 7.98. The minimum Gasteiger partial charge on any atom is -0.352 e. The molecule has 1 aromatic rings. The summed E-state index contributed by atoms with van der Waals surface area (Å²) in [5.41, 5.74) is -1.70. The molecule has 1 amide bonds. The summed E-state index contributed by atoms with van der Waals surface area (Å²) in [7, 11) is 0. The topological polar surface area (TPSA) is 72.2 Å². The van der Waals surface area contributed by atoms with Crippen LogP contribution >= 0.6 is 11.8 Å². The number of nitrogens with one attached hydrogen (secondary N) is 1. The summed E-state index contributed by atoms with van der Waals surface area (Å²) in [5.74, 6) is -2.40. The lowest BCUT2D eigenvalue weighted by Gasteiger charge is -2.06. The number of benzene rings is 1. The van der Waals surface area contributed by atoms with Gasteiger partial charge in [-0.15, -0.1) is 0 Å². The number of carbonyl (C=O) groups is 1. The molecule has 0 unspecified atom stereocenters. The molecule has 0 saturated carbocycles. The molecule has 1 N–H and O–H groups in total. The number of rotatable bonds is 6. The van der Waals surface area contributed by atoms with Gasteiger partial charge in [-0.2, -0.15) is 16.2 Å². The Morgan fingerprint density at radius 3 is 2.74 bits per heavy atom. The predicted molar refractivity (Wildman–Crippen MR) is 68.3 cm³/mol. The molecule has 1 aromatic carbocycles. The van der Waals surface area contributed by atoms with Gasteiger partial charge in [0.15, 0.2) is 0 Å². The Balaban J connectivity index is 2.88. The highest BCUT2D eigenvalue weighted by atomic mass is 32.2. The Bertz CT molecular complexity index is 497. The Kier molecular flexibility index (Phi) is 5.68. The van der Waals surface area contributed by atoms with E-state index in [0.717, 1.165) is 5.75 Å². The van der Waals surface area contributed by atoms with Gasteiger partial charge in [0, 0.05) is 6.54 Å². The van der Waals surface area contributed by atoms with E-state index in [9.17, 15) is 23.7 Å². The molecular weight excluding hydrogens is 278 g/mol. The minimum atomic E-state index is -1.33. The summed E-state index contributed by atoms with van der Waals surface area (Å²) in [6.45, 7) is 0.295. The third kappa shape index (κ3) is 4.16. The molecule has 1 rings (SSSR count). The standard InChI is InChI=1S/C11H12F2N2O3S/c1-19-4-2-3-14-11(16)8-5-7(12)6-9(10(8)13)15(17)18/h5-6H,2-4H2,1H3,(H,14,16). The molecule has 5 nitrogen and oxygen atoms in total. The lowest BCUT2D eigenvalue weighted by Crippen LogP contribution is -2.26. The first-order valence-corrected chi connectivity index (χ1v) is 6.77. The molecule has 104 valence electrons. The van der Waals surface area contributed by atoms with Gasteiger partial charge in [0.05, 0.1) is 16.6 Å². The molecule has 19 heavy (non-hydrogen) atoms. The first-order chi connectivity index (χ1) is 8.97. The van der Waals surface area contributed by atoms with Crippen LogP contribution in [0.5, 0.6) is 0 Å². The maximum absolute atomic E-state index is 13.7. The van der Waals surface area contributed by atoms with Crippen LogP contribution in [-0.4, -0.2) is 29.4 Å². The van der Waals surface area contributed by atoms with Crippen LogP contribution in [0.2, 0.25) is 0 Å². The van der Waals surface area contributed by atoms with Crippen LogP contribution in [-0.2, 0) is 0 Å². The summed E-state index contributed by atoms with van der Waals surface area (Å²) in [4.78, 5) is 21.1. The lowest BCUT2D eigenvalue weighted by molar-refractivity contribution is -0.387. The van der Waals surface area contributed by atoms with Gasteiger partial charge >= 0.3 is 5.69 Å². The van der Waals surface area contributed by atoms with Crippen molar-refractivity contribution in [3.8, 4) is 0 Å². The first kappa shape index (κ1) is 15.4. The van der Waals surface area contributed by atoms with Crippen LogP contribution in [0.3, 0.4) is 0 Å². The zero-order valence-corrected chi connectivity index (χ0v) is 10.9. The Morgan fingerprint density at radius 1 is 1.47 bits per heavy atom. The summed E-state index contributed by atoms with van der Waals surface area (Å²) in [5, 5.41) is 12.9. The van der Waals surface area contributed by atoms with E-state index in [0.29, 0.717) is 25.1 Å². The number of nitro groups is 1. The highest BCUT2D eigenvalue weighted by Gasteiger charge is 2.23. The second kappa shape index (κ2) is 7.03. The molecule has 0 aliphatic carbocycles. The third-order valence-corrected chi connectivity index (χ3v) is 2.97. The molecule has 0 aliphatic rings. The smallest absolute Gasteiger partial charge is 0.308 e. The number of carbonyl (C=O) groups excluding carboxylic acids is 1. The Morgan fingerprint density at radius 2 is 2.16 bits per heavy atom. The Labute approximate surface area is 112 Å². The van der Waals surface area contributed by atoms with Crippen molar-refractivity contribution in [2.75, 3.05) is 18.6 Å². The van der Waals surface area contributed by atoms with Gasteiger partial charge in [-0.05, 0) is 24.5 Å². The van der Waals surface area contributed by atoms with Crippen LogP contribution in [0.4, 0.5) is 14.5 Å². The molecule has 0 aliphatic heterocycles. The molecule has 0 aromatic heterocycles. The zero-order chi connectivity index (χ0) is 14.4. The first-order valence-electron chi connectivity index (χ1n) is 5.38. The van der Waals surface area contributed by atoms with Crippen LogP contribution in [0, 0.1) is 21.7 Å². The van der Waals surface area contributed by atoms with E-state index in [2.05, 4.69) is 5.32 Å². The minimum absolute atomic E-state index is 0.295. The fourth-order valence-electron chi connectivity index (χ4n) is 1.39. The number of nitrogens with zero attached hydrogens (tertiary/aromatic N) is 1. The Hall–Kier alpha value is -1.70. The number of hydrogen-bond donors (Lipinski definition) is 1. The second-order valence-electron chi connectivity index (χ2n) is 3.65. The maximum atomic E-state index is 13.7. The fourth-order valence-corrected chi connectivity index (χ4v) is 1.82. The molecule has 0 spiro atoms. The third-order valence-electron chi connectivity index (χ3n) is 2.27. The van der Waals surface area contributed by atoms with E-state index >= 15 is 0 Å². The van der Waals surface area contributed by atoms with Crippen molar-refractivity contribution in [3.63, 3.8) is 0 Å². The molecule has 0 fully saturated rings. The molecular formula is C11H12F2N2O3S. The molecule has 0 radical (unpaired) electrons. The van der Waals surface area contributed by atoms with Crippen molar-refractivity contribution in [2.45, 2.75) is 6.42 Å². The monoisotopic (exact) mass is 290 g/mol. The number of nitro benzene ring substituents is 1. The van der Waals surface area contributed by atoms with Gasteiger partial charge in [0.25, 0.3) is 5.91 Å². The van der Waals surface area contributed by atoms with Gasteiger partial charge in [-0.25, -0.2) is 4.39 Å². The number of hydrogen-bond acceptors (Lipinski definition) is 4. The second-order valence-corrected chi connectivity index (χ2v) is 4.63. The number of halogens is 2.